The first-order valence-corrected chi connectivity index (χ1v) is 6.62. The molecular formula is C17H19NO2. The number of hydrogen-bond donors (Lipinski definition) is 1. The largest absolute Gasteiger partial charge is 0.508 e. The zero-order valence-corrected chi connectivity index (χ0v) is 12.0. The SMILES string of the molecule is Cc1cccc(C(=O)N(C)C(C)c2ccc(O)cc2)c1. The summed E-state index contributed by atoms with van der Waals surface area (Å²) in [7, 11) is 1.79. The number of nitrogens with zero attached hydrogens (tertiary/aromatic N) is 1. The van der Waals surface area contributed by atoms with Gasteiger partial charge in [0.15, 0.2) is 0 Å². The first-order valence-electron chi connectivity index (χ1n) is 6.62. The van der Waals surface area contributed by atoms with Crippen molar-refractivity contribution in [2.75, 3.05) is 7.05 Å². The molecule has 3 heteroatoms. The summed E-state index contributed by atoms with van der Waals surface area (Å²) in [4.78, 5) is 14.2. The van der Waals surface area contributed by atoms with E-state index in [1.807, 2.05) is 50.2 Å². The van der Waals surface area contributed by atoms with E-state index >= 15 is 0 Å². The smallest absolute Gasteiger partial charge is 0.254 e. The van der Waals surface area contributed by atoms with E-state index in [1.54, 1.807) is 24.1 Å². The number of benzene rings is 2. The standard InChI is InChI=1S/C17H19NO2/c1-12-5-4-6-15(11-12)17(20)18(3)13(2)14-7-9-16(19)10-8-14/h4-11,13,19H,1-3H3. The minimum atomic E-state index is -0.0522. The van der Waals surface area contributed by atoms with E-state index in [-0.39, 0.29) is 17.7 Å². The number of carbonyl (C=O) groups is 1. The molecule has 2 aromatic rings. The lowest BCUT2D eigenvalue weighted by Crippen LogP contribution is -2.29. The minimum Gasteiger partial charge on any atom is -0.508 e. The Kier molecular flexibility index (Phi) is 4.08. The molecule has 1 N–H and O–H groups in total. The van der Waals surface area contributed by atoms with Crippen LogP contribution in [0.1, 0.15) is 34.5 Å². The number of amides is 1. The van der Waals surface area contributed by atoms with E-state index in [9.17, 15) is 9.90 Å². The molecule has 0 aliphatic heterocycles. The van der Waals surface area contributed by atoms with Gasteiger partial charge in [0.25, 0.3) is 5.91 Å². The number of aromatic hydroxyl groups is 1. The molecule has 0 saturated heterocycles. The highest BCUT2D eigenvalue weighted by Crippen LogP contribution is 2.22. The first-order chi connectivity index (χ1) is 9.49. The Morgan fingerprint density at radius 2 is 1.80 bits per heavy atom. The average molecular weight is 269 g/mol. The van der Waals surface area contributed by atoms with Crippen molar-refractivity contribution in [3.63, 3.8) is 0 Å². The van der Waals surface area contributed by atoms with Crippen molar-refractivity contribution in [1.82, 2.24) is 4.90 Å². The Morgan fingerprint density at radius 1 is 1.15 bits per heavy atom. The van der Waals surface area contributed by atoms with Gasteiger partial charge in [-0.15, -0.1) is 0 Å². The lowest BCUT2D eigenvalue weighted by atomic mass is 10.1. The maximum absolute atomic E-state index is 12.5. The monoisotopic (exact) mass is 269 g/mol. The summed E-state index contributed by atoms with van der Waals surface area (Å²) >= 11 is 0. The number of carbonyl (C=O) groups excluding carboxylic acids is 1. The highest BCUT2D eigenvalue weighted by atomic mass is 16.3. The molecule has 0 fully saturated rings. The van der Waals surface area contributed by atoms with Crippen LogP contribution < -0.4 is 0 Å². The van der Waals surface area contributed by atoms with Crippen LogP contribution in [-0.4, -0.2) is 23.0 Å². The van der Waals surface area contributed by atoms with Gasteiger partial charge in [-0.05, 0) is 43.7 Å². The van der Waals surface area contributed by atoms with Gasteiger partial charge in [-0.25, -0.2) is 0 Å². The fourth-order valence-electron chi connectivity index (χ4n) is 2.13. The molecule has 0 bridgehead atoms. The van der Waals surface area contributed by atoms with Gasteiger partial charge in [-0.2, -0.15) is 0 Å². The van der Waals surface area contributed by atoms with Crippen molar-refractivity contribution in [3.05, 3.63) is 65.2 Å². The molecule has 0 aromatic heterocycles. The molecule has 0 aliphatic rings. The van der Waals surface area contributed by atoms with Crippen molar-refractivity contribution in [3.8, 4) is 5.75 Å². The Balaban J connectivity index is 2.20. The molecule has 0 heterocycles. The summed E-state index contributed by atoms with van der Waals surface area (Å²) in [5, 5.41) is 9.31. The van der Waals surface area contributed by atoms with Crippen molar-refractivity contribution < 1.29 is 9.90 Å². The first kappa shape index (κ1) is 14.1. The van der Waals surface area contributed by atoms with E-state index in [2.05, 4.69) is 0 Å². The Hall–Kier alpha value is -2.29. The Bertz CT molecular complexity index is 605. The van der Waals surface area contributed by atoms with Crippen LogP contribution >= 0.6 is 0 Å². The zero-order valence-electron chi connectivity index (χ0n) is 12.0. The van der Waals surface area contributed by atoms with Crippen molar-refractivity contribution in [2.24, 2.45) is 0 Å². The van der Waals surface area contributed by atoms with Gasteiger partial charge in [0.2, 0.25) is 0 Å². The number of phenolic OH excluding ortho intramolecular Hbond substituents is 1. The fourth-order valence-corrected chi connectivity index (χ4v) is 2.13. The molecule has 0 spiro atoms. The van der Waals surface area contributed by atoms with Gasteiger partial charge >= 0.3 is 0 Å². The summed E-state index contributed by atoms with van der Waals surface area (Å²) in [5.74, 6) is 0.225. The maximum Gasteiger partial charge on any atom is 0.254 e. The summed E-state index contributed by atoms with van der Waals surface area (Å²) in [5.41, 5.74) is 2.76. The summed E-state index contributed by atoms with van der Waals surface area (Å²) in [6.45, 7) is 3.94. The predicted molar refractivity (Wildman–Crippen MR) is 79.8 cm³/mol. The molecule has 3 nitrogen and oxygen atoms in total. The molecule has 20 heavy (non-hydrogen) atoms. The molecule has 1 unspecified atom stereocenters. The topological polar surface area (TPSA) is 40.5 Å². The molecule has 1 atom stereocenters. The number of rotatable bonds is 3. The van der Waals surface area contributed by atoms with Gasteiger partial charge in [0, 0.05) is 12.6 Å². The second-order valence-electron chi connectivity index (χ2n) is 5.05. The van der Waals surface area contributed by atoms with Crippen LogP contribution in [-0.2, 0) is 0 Å². The third-order valence-electron chi connectivity index (χ3n) is 3.54. The maximum atomic E-state index is 12.5. The lowest BCUT2D eigenvalue weighted by Gasteiger charge is -2.25. The van der Waals surface area contributed by atoms with Crippen molar-refractivity contribution in [2.45, 2.75) is 19.9 Å². The molecule has 1 amide bonds. The second kappa shape index (κ2) is 5.78. The summed E-state index contributed by atoms with van der Waals surface area (Å²) in [6, 6.07) is 14.5. The molecule has 0 aliphatic carbocycles. The molecular weight excluding hydrogens is 250 g/mol. The molecule has 0 radical (unpaired) electrons. The second-order valence-corrected chi connectivity index (χ2v) is 5.05. The van der Waals surface area contributed by atoms with Crippen molar-refractivity contribution in [1.29, 1.82) is 0 Å². The quantitative estimate of drug-likeness (QED) is 0.926. The van der Waals surface area contributed by atoms with Crippen molar-refractivity contribution >= 4 is 5.91 Å². The van der Waals surface area contributed by atoms with Gasteiger partial charge in [-0.3, -0.25) is 4.79 Å². The average Bonchev–Trinajstić information content (AvgIpc) is 2.46. The number of hydrogen-bond acceptors (Lipinski definition) is 2. The van der Waals surface area contributed by atoms with E-state index in [0.29, 0.717) is 5.56 Å². The van der Waals surface area contributed by atoms with Crippen LogP contribution in [0, 0.1) is 6.92 Å². The number of aryl methyl sites for hydroxylation is 1. The third-order valence-corrected chi connectivity index (χ3v) is 3.54. The van der Waals surface area contributed by atoms with Crippen LogP contribution in [0.5, 0.6) is 5.75 Å². The van der Waals surface area contributed by atoms with Crippen LogP contribution in [0.4, 0.5) is 0 Å². The van der Waals surface area contributed by atoms with Gasteiger partial charge in [0.1, 0.15) is 5.75 Å². The minimum absolute atomic E-state index is 0.00530. The third kappa shape index (κ3) is 2.99. The lowest BCUT2D eigenvalue weighted by molar-refractivity contribution is 0.0742. The van der Waals surface area contributed by atoms with E-state index < -0.39 is 0 Å². The predicted octanol–water partition coefficient (Wildman–Crippen LogP) is 3.53. The summed E-state index contributed by atoms with van der Waals surface area (Å²) in [6.07, 6.45) is 0. The van der Waals surface area contributed by atoms with Gasteiger partial charge in [-0.1, -0.05) is 29.8 Å². The Labute approximate surface area is 119 Å². The summed E-state index contributed by atoms with van der Waals surface area (Å²) < 4.78 is 0. The highest BCUT2D eigenvalue weighted by molar-refractivity contribution is 5.94. The van der Waals surface area contributed by atoms with Crippen LogP contribution in [0.3, 0.4) is 0 Å². The fraction of sp³-hybridized carbons (Fsp3) is 0.235. The van der Waals surface area contributed by atoms with Gasteiger partial charge < -0.3 is 10.0 Å². The van der Waals surface area contributed by atoms with Gasteiger partial charge in [0.05, 0.1) is 6.04 Å². The molecule has 2 aromatic carbocycles. The Morgan fingerprint density at radius 3 is 2.40 bits per heavy atom. The highest BCUT2D eigenvalue weighted by Gasteiger charge is 2.18. The molecule has 0 saturated carbocycles. The molecule has 2 rings (SSSR count). The normalized spacial score (nSPS) is 11.9. The van der Waals surface area contributed by atoms with Crippen LogP contribution in [0.25, 0.3) is 0 Å². The molecule has 104 valence electrons. The van der Waals surface area contributed by atoms with E-state index in [1.165, 1.54) is 0 Å². The van der Waals surface area contributed by atoms with Crippen LogP contribution in [0.2, 0.25) is 0 Å². The van der Waals surface area contributed by atoms with E-state index in [4.69, 9.17) is 0 Å². The van der Waals surface area contributed by atoms with E-state index in [0.717, 1.165) is 11.1 Å². The number of phenols is 1. The zero-order chi connectivity index (χ0) is 14.7. The van der Waals surface area contributed by atoms with Crippen LogP contribution in [0.15, 0.2) is 48.5 Å².